The van der Waals surface area contributed by atoms with E-state index >= 15 is 0 Å². The molecular formula is C15H23ClN2. The van der Waals surface area contributed by atoms with Gasteiger partial charge in [0.15, 0.2) is 0 Å². The summed E-state index contributed by atoms with van der Waals surface area (Å²) in [5.74, 6) is 0. The predicted molar refractivity (Wildman–Crippen MR) is 78.1 cm³/mol. The number of hydrogen-bond acceptors (Lipinski definition) is 2. The van der Waals surface area contributed by atoms with Crippen molar-refractivity contribution >= 4 is 11.6 Å². The first-order chi connectivity index (χ1) is 8.66. The molecule has 0 spiro atoms. The zero-order chi connectivity index (χ0) is 13.0. The highest BCUT2D eigenvalue weighted by atomic mass is 35.5. The molecule has 1 unspecified atom stereocenters. The largest absolute Gasteiger partial charge is 0.307 e. The molecule has 0 radical (unpaired) electrons. The lowest BCUT2D eigenvalue weighted by Gasteiger charge is -2.27. The summed E-state index contributed by atoms with van der Waals surface area (Å²) in [6, 6.07) is 8.98. The lowest BCUT2D eigenvalue weighted by Crippen LogP contribution is -2.37. The van der Waals surface area contributed by atoms with Gasteiger partial charge in [-0.05, 0) is 37.6 Å². The number of nitrogens with zero attached hydrogens (tertiary/aromatic N) is 1. The third-order valence-corrected chi connectivity index (χ3v) is 3.80. The van der Waals surface area contributed by atoms with Gasteiger partial charge in [0.05, 0.1) is 0 Å². The van der Waals surface area contributed by atoms with Gasteiger partial charge in [0.2, 0.25) is 0 Å². The Morgan fingerprint density at radius 3 is 2.50 bits per heavy atom. The van der Waals surface area contributed by atoms with Crippen LogP contribution >= 0.6 is 11.6 Å². The molecule has 0 aliphatic carbocycles. The topological polar surface area (TPSA) is 15.3 Å². The van der Waals surface area contributed by atoms with E-state index in [0.717, 1.165) is 11.6 Å². The molecule has 2 rings (SSSR count). The van der Waals surface area contributed by atoms with Gasteiger partial charge >= 0.3 is 0 Å². The van der Waals surface area contributed by atoms with Crippen LogP contribution in [0.2, 0.25) is 5.02 Å². The van der Waals surface area contributed by atoms with Gasteiger partial charge in [-0.25, -0.2) is 0 Å². The third kappa shape index (κ3) is 3.71. The van der Waals surface area contributed by atoms with Crippen LogP contribution < -0.4 is 5.32 Å². The average Bonchev–Trinajstić information content (AvgIpc) is 2.81. The van der Waals surface area contributed by atoms with Crippen LogP contribution in [-0.2, 0) is 0 Å². The average molecular weight is 267 g/mol. The number of halogens is 1. The standard InChI is InChI=1S/C15H23ClN2/c1-12(2)17-15(11-18-9-5-6-10-18)13-7-3-4-8-14(13)16/h3-4,7-8,12,15,17H,5-6,9-11H2,1-2H3. The van der Waals surface area contributed by atoms with E-state index in [0.29, 0.717) is 12.1 Å². The second-order valence-electron chi connectivity index (χ2n) is 5.40. The van der Waals surface area contributed by atoms with Crippen LogP contribution in [0.3, 0.4) is 0 Å². The van der Waals surface area contributed by atoms with E-state index in [2.05, 4.69) is 36.2 Å². The van der Waals surface area contributed by atoms with Gasteiger partial charge in [0, 0.05) is 23.7 Å². The minimum atomic E-state index is 0.330. The summed E-state index contributed by atoms with van der Waals surface area (Å²) in [6.45, 7) is 7.88. The first-order valence-corrected chi connectivity index (χ1v) is 7.27. The van der Waals surface area contributed by atoms with E-state index < -0.39 is 0 Å². The Hall–Kier alpha value is -0.570. The molecule has 1 N–H and O–H groups in total. The highest BCUT2D eigenvalue weighted by Gasteiger charge is 2.20. The van der Waals surface area contributed by atoms with E-state index in [1.165, 1.54) is 31.5 Å². The third-order valence-electron chi connectivity index (χ3n) is 3.45. The molecule has 1 atom stereocenters. The van der Waals surface area contributed by atoms with Crippen molar-refractivity contribution in [3.63, 3.8) is 0 Å². The molecular weight excluding hydrogens is 244 g/mol. The van der Waals surface area contributed by atoms with Gasteiger partial charge in [-0.3, -0.25) is 0 Å². The van der Waals surface area contributed by atoms with Crippen LogP contribution in [0.25, 0.3) is 0 Å². The lowest BCUT2D eigenvalue weighted by molar-refractivity contribution is 0.284. The van der Waals surface area contributed by atoms with Crippen molar-refractivity contribution in [2.75, 3.05) is 19.6 Å². The predicted octanol–water partition coefficient (Wildman–Crippen LogP) is 3.47. The van der Waals surface area contributed by atoms with Crippen LogP contribution in [0.4, 0.5) is 0 Å². The Balaban J connectivity index is 2.11. The summed E-state index contributed by atoms with van der Waals surface area (Å²) in [5.41, 5.74) is 1.22. The molecule has 1 aliphatic heterocycles. The monoisotopic (exact) mass is 266 g/mol. The molecule has 0 amide bonds. The Bertz CT molecular complexity index is 373. The fourth-order valence-corrected chi connectivity index (χ4v) is 2.89. The molecule has 2 nitrogen and oxygen atoms in total. The number of benzene rings is 1. The Morgan fingerprint density at radius 2 is 1.89 bits per heavy atom. The van der Waals surface area contributed by atoms with Crippen molar-refractivity contribution in [3.05, 3.63) is 34.9 Å². The van der Waals surface area contributed by atoms with Crippen molar-refractivity contribution in [2.45, 2.75) is 38.8 Å². The molecule has 0 aromatic heterocycles. The second kappa shape index (κ2) is 6.55. The van der Waals surface area contributed by atoms with Gasteiger partial charge in [0.25, 0.3) is 0 Å². The van der Waals surface area contributed by atoms with Crippen LogP contribution in [0, 0.1) is 0 Å². The normalized spacial score (nSPS) is 18.4. The minimum absolute atomic E-state index is 0.330. The van der Waals surface area contributed by atoms with Gasteiger partial charge in [-0.1, -0.05) is 43.6 Å². The van der Waals surface area contributed by atoms with Gasteiger partial charge in [-0.15, -0.1) is 0 Å². The Kier molecular flexibility index (Phi) is 5.04. The van der Waals surface area contributed by atoms with Crippen molar-refractivity contribution in [2.24, 2.45) is 0 Å². The number of likely N-dealkylation sites (tertiary alicyclic amines) is 1. The SMILES string of the molecule is CC(C)NC(CN1CCCC1)c1ccccc1Cl. The van der Waals surface area contributed by atoms with Crippen molar-refractivity contribution in [3.8, 4) is 0 Å². The minimum Gasteiger partial charge on any atom is -0.307 e. The van der Waals surface area contributed by atoms with Crippen molar-refractivity contribution in [1.82, 2.24) is 10.2 Å². The number of hydrogen-bond donors (Lipinski definition) is 1. The van der Waals surface area contributed by atoms with Crippen LogP contribution in [-0.4, -0.2) is 30.6 Å². The summed E-state index contributed by atoms with van der Waals surface area (Å²) in [5, 5.41) is 4.51. The maximum absolute atomic E-state index is 6.33. The molecule has 0 bridgehead atoms. The maximum Gasteiger partial charge on any atom is 0.0466 e. The zero-order valence-corrected chi connectivity index (χ0v) is 12.1. The molecule has 18 heavy (non-hydrogen) atoms. The Labute approximate surface area is 115 Å². The zero-order valence-electron chi connectivity index (χ0n) is 11.3. The van der Waals surface area contributed by atoms with E-state index in [9.17, 15) is 0 Å². The molecule has 100 valence electrons. The van der Waals surface area contributed by atoms with Gasteiger partial charge < -0.3 is 10.2 Å². The first kappa shape index (κ1) is 13.9. The number of nitrogens with one attached hydrogen (secondary N) is 1. The van der Waals surface area contributed by atoms with Crippen LogP contribution in [0.1, 0.15) is 38.3 Å². The summed E-state index contributed by atoms with van der Waals surface area (Å²) in [4.78, 5) is 2.53. The molecule has 3 heteroatoms. The second-order valence-corrected chi connectivity index (χ2v) is 5.81. The summed E-state index contributed by atoms with van der Waals surface area (Å²) in [6.07, 6.45) is 2.66. The summed E-state index contributed by atoms with van der Waals surface area (Å²) in [7, 11) is 0. The molecule has 1 aliphatic rings. The molecule has 1 fully saturated rings. The van der Waals surface area contributed by atoms with Gasteiger partial charge in [-0.2, -0.15) is 0 Å². The fourth-order valence-electron chi connectivity index (χ4n) is 2.62. The van der Waals surface area contributed by atoms with Crippen LogP contribution in [0.5, 0.6) is 0 Å². The molecule has 1 aromatic rings. The van der Waals surface area contributed by atoms with E-state index in [1.54, 1.807) is 0 Å². The van der Waals surface area contributed by atoms with Gasteiger partial charge in [0.1, 0.15) is 0 Å². The number of rotatable bonds is 5. The van der Waals surface area contributed by atoms with E-state index in [1.807, 2.05) is 12.1 Å². The fraction of sp³-hybridized carbons (Fsp3) is 0.600. The first-order valence-electron chi connectivity index (χ1n) is 6.89. The molecule has 1 saturated heterocycles. The lowest BCUT2D eigenvalue weighted by atomic mass is 10.1. The van der Waals surface area contributed by atoms with Crippen molar-refractivity contribution < 1.29 is 0 Å². The van der Waals surface area contributed by atoms with E-state index in [-0.39, 0.29) is 0 Å². The quantitative estimate of drug-likeness (QED) is 0.878. The van der Waals surface area contributed by atoms with Crippen molar-refractivity contribution in [1.29, 1.82) is 0 Å². The van der Waals surface area contributed by atoms with E-state index in [4.69, 9.17) is 11.6 Å². The summed E-state index contributed by atoms with van der Waals surface area (Å²) >= 11 is 6.33. The Morgan fingerprint density at radius 1 is 1.22 bits per heavy atom. The molecule has 0 saturated carbocycles. The highest BCUT2D eigenvalue weighted by Crippen LogP contribution is 2.25. The summed E-state index contributed by atoms with van der Waals surface area (Å²) < 4.78 is 0. The maximum atomic E-state index is 6.33. The smallest absolute Gasteiger partial charge is 0.0466 e. The highest BCUT2D eigenvalue weighted by molar-refractivity contribution is 6.31. The van der Waals surface area contributed by atoms with Crippen LogP contribution in [0.15, 0.2) is 24.3 Å². The molecule has 1 heterocycles. The molecule has 1 aromatic carbocycles.